The van der Waals surface area contributed by atoms with Crippen molar-refractivity contribution < 1.29 is 4.39 Å². The maximum Gasteiger partial charge on any atom is 0.191 e. The first-order valence-corrected chi connectivity index (χ1v) is 9.39. The van der Waals surface area contributed by atoms with Crippen molar-refractivity contribution in [3.8, 4) is 0 Å². The van der Waals surface area contributed by atoms with Crippen LogP contribution >= 0.6 is 24.0 Å². The topological polar surface area (TPSA) is 54.2 Å². The van der Waals surface area contributed by atoms with E-state index in [9.17, 15) is 4.39 Å². The Balaban J connectivity index is 0.00000300. The molecule has 0 radical (unpaired) electrons. The zero-order chi connectivity index (χ0) is 19.8. The summed E-state index contributed by atoms with van der Waals surface area (Å²) in [6, 6.07) is 15.3. The van der Waals surface area contributed by atoms with Crippen LogP contribution in [0.1, 0.15) is 22.5 Å². The van der Waals surface area contributed by atoms with Crippen LogP contribution in [0.2, 0.25) is 0 Å². The molecule has 0 aliphatic carbocycles. The predicted molar refractivity (Wildman–Crippen MR) is 126 cm³/mol. The molecule has 3 aromatic rings. The van der Waals surface area contributed by atoms with Crippen LogP contribution in [-0.4, -0.2) is 29.1 Å². The first-order valence-electron chi connectivity index (χ1n) is 9.39. The zero-order valence-corrected chi connectivity index (χ0v) is 19.1. The molecular weight excluding hydrogens is 480 g/mol. The van der Waals surface area contributed by atoms with Crippen LogP contribution in [0.15, 0.2) is 65.9 Å². The second kappa shape index (κ2) is 11.5. The van der Waals surface area contributed by atoms with Gasteiger partial charge in [-0.2, -0.15) is 0 Å². The van der Waals surface area contributed by atoms with Gasteiger partial charge in [-0.15, -0.1) is 24.0 Å². The summed E-state index contributed by atoms with van der Waals surface area (Å²) in [7, 11) is 1.73. The highest BCUT2D eigenvalue weighted by atomic mass is 127. The minimum Gasteiger partial charge on any atom is -0.356 e. The lowest BCUT2D eigenvalue weighted by Crippen LogP contribution is -2.37. The number of aryl methyl sites for hydroxylation is 1. The molecule has 0 bridgehead atoms. The lowest BCUT2D eigenvalue weighted by atomic mass is 10.1. The standard InChI is InChI=1S/C22H26FN5.HI/c1-17-25-12-13-28(17)16-19-7-5-6-18(14-19)15-27-22(24-2)26-11-10-20-8-3-4-9-21(20)23;/h3-9,12-14H,10-11,15-16H2,1-2H3,(H2,24,26,27);1H. The molecule has 1 heterocycles. The smallest absolute Gasteiger partial charge is 0.191 e. The van der Waals surface area contributed by atoms with Crippen LogP contribution in [0.4, 0.5) is 4.39 Å². The van der Waals surface area contributed by atoms with Gasteiger partial charge in [0.05, 0.1) is 0 Å². The van der Waals surface area contributed by atoms with Crippen LogP contribution in [0.5, 0.6) is 0 Å². The van der Waals surface area contributed by atoms with E-state index < -0.39 is 0 Å². The van der Waals surface area contributed by atoms with Crippen molar-refractivity contribution in [1.82, 2.24) is 20.2 Å². The van der Waals surface area contributed by atoms with Gasteiger partial charge in [0.25, 0.3) is 0 Å². The molecule has 1 aromatic heterocycles. The van der Waals surface area contributed by atoms with Crippen molar-refractivity contribution in [2.45, 2.75) is 26.4 Å². The summed E-state index contributed by atoms with van der Waals surface area (Å²) in [5, 5.41) is 6.54. The Kier molecular flexibility index (Phi) is 9.11. The lowest BCUT2D eigenvalue weighted by Gasteiger charge is -2.13. The zero-order valence-electron chi connectivity index (χ0n) is 16.7. The fourth-order valence-electron chi connectivity index (χ4n) is 3.03. The van der Waals surface area contributed by atoms with Gasteiger partial charge in [-0.1, -0.05) is 42.5 Å². The molecule has 29 heavy (non-hydrogen) atoms. The van der Waals surface area contributed by atoms with Gasteiger partial charge < -0.3 is 15.2 Å². The second-order valence-electron chi connectivity index (χ2n) is 6.62. The quantitative estimate of drug-likeness (QED) is 0.290. The summed E-state index contributed by atoms with van der Waals surface area (Å²) < 4.78 is 15.8. The van der Waals surface area contributed by atoms with Crippen LogP contribution in [0.3, 0.4) is 0 Å². The molecule has 0 aliphatic heterocycles. The minimum atomic E-state index is -0.169. The maximum atomic E-state index is 13.7. The first kappa shape index (κ1) is 22.9. The Morgan fingerprint density at radius 2 is 1.90 bits per heavy atom. The van der Waals surface area contributed by atoms with Crippen molar-refractivity contribution in [1.29, 1.82) is 0 Å². The number of benzene rings is 2. The highest BCUT2D eigenvalue weighted by molar-refractivity contribution is 14.0. The minimum absolute atomic E-state index is 0. The van der Waals surface area contributed by atoms with E-state index in [-0.39, 0.29) is 29.8 Å². The van der Waals surface area contributed by atoms with Crippen LogP contribution < -0.4 is 10.6 Å². The summed E-state index contributed by atoms with van der Waals surface area (Å²) in [6.07, 6.45) is 4.41. The SMILES string of the molecule is CN=C(NCCc1ccccc1F)NCc1cccc(Cn2ccnc2C)c1.I. The molecule has 0 aliphatic rings. The summed E-state index contributed by atoms with van der Waals surface area (Å²) >= 11 is 0. The summed E-state index contributed by atoms with van der Waals surface area (Å²) in [5.74, 6) is 1.53. The number of nitrogens with zero attached hydrogens (tertiary/aromatic N) is 3. The highest BCUT2D eigenvalue weighted by Gasteiger charge is 2.04. The van der Waals surface area contributed by atoms with Gasteiger partial charge in [0.2, 0.25) is 0 Å². The average Bonchev–Trinajstić information content (AvgIpc) is 3.10. The van der Waals surface area contributed by atoms with E-state index >= 15 is 0 Å². The third-order valence-corrected chi connectivity index (χ3v) is 4.60. The Hall–Kier alpha value is -2.42. The number of nitrogens with one attached hydrogen (secondary N) is 2. The van der Waals surface area contributed by atoms with Gasteiger partial charge in [-0.05, 0) is 36.1 Å². The van der Waals surface area contributed by atoms with Gasteiger partial charge >= 0.3 is 0 Å². The van der Waals surface area contributed by atoms with Crippen molar-refractivity contribution in [3.05, 3.63) is 89.3 Å². The Morgan fingerprint density at radius 1 is 1.10 bits per heavy atom. The number of guanidine groups is 1. The van der Waals surface area contributed by atoms with Crippen molar-refractivity contribution >= 4 is 29.9 Å². The van der Waals surface area contributed by atoms with Crippen LogP contribution in [-0.2, 0) is 19.5 Å². The molecule has 0 saturated heterocycles. The molecule has 154 valence electrons. The Morgan fingerprint density at radius 3 is 2.62 bits per heavy atom. The fourth-order valence-corrected chi connectivity index (χ4v) is 3.03. The van der Waals surface area contributed by atoms with Crippen LogP contribution in [0, 0.1) is 12.7 Å². The van der Waals surface area contributed by atoms with E-state index in [0.29, 0.717) is 31.0 Å². The molecule has 0 fully saturated rings. The summed E-state index contributed by atoms with van der Waals surface area (Å²) in [6.45, 7) is 4.08. The maximum absolute atomic E-state index is 13.7. The third kappa shape index (κ3) is 6.85. The van der Waals surface area contributed by atoms with E-state index in [4.69, 9.17) is 0 Å². The highest BCUT2D eigenvalue weighted by Crippen LogP contribution is 2.09. The monoisotopic (exact) mass is 507 g/mol. The molecule has 2 N–H and O–H groups in total. The number of aliphatic imine (C=N–C) groups is 1. The van der Waals surface area contributed by atoms with Gasteiger partial charge in [0, 0.05) is 39.1 Å². The molecule has 5 nitrogen and oxygen atoms in total. The van der Waals surface area contributed by atoms with E-state index in [1.165, 1.54) is 17.2 Å². The van der Waals surface area contributed by atoms with Crippen molar-refractivity contribution in [3.63, 3.8) is 0 Å². The molecule has 0 saturated carbocycles. The van der Waals surface area contributed by atoms with E-state index in [2.05, 4.69) is 49.4 Å². The predicted octanol–water partition coefficient (Wildman–Crippen LogP) is 3.90. The normalized spacial score (nSPS) is 11.1. The molecule has 0 amide bonds. The average molecular weight is 507 g/mol. The fraction of sp³-hybridized carbons (Fsp3) is 0.273. The molecule has 0 unspecified atom stereocenters. The van der Waals surface area contributed by atoms with Gasteiger partial charge in [0.15, 0.2) is 5.96 Å². The number of hydrogen-bond donors (Lipinski definition) is 2. The van der Waals surface area contributed by atoms with Crippen molar-refractivity contribution in [2.24, 2.45) is 4.99 Å². The molecule has 3 rings (SSSR count). The molecular formula is C22H27FIN5. The summed E-state index contributed by atoms with van der Waals surface area (Å²) in [5.41, 5.74) is 3.10. The largest absolute Gasteiger partial charge is 0.356 e. The Bertz CT molecular complexity index is 938. The molecule has 0 atom stereocenters. The van der Waals surface area contributed by atoms with E-state index in [1.807, 2.05) is 25.4 Å². The number of hydrogen-bond acceptors (Lipinski definition) is 2. The second-order valence-corrected chi connectivity index (χ2v) is 6.62. The van der Waals surface area contributed by atoms with Crippen LogP contribution in [0.25, 0.3) is 0 Å². The van der Waals surface area contributed by atoms with Gasteiger partial charge in [-0.3, -0.25) is 4.99 Å². The Labute approximate surface area is 188 Å². The van der Waals surface area contributed by atoms with Gasteiger partial charge in [0.1, 0.15) is 11.6 Å². The number of halogens is 2. The summed E-state index contributed by atoms with van der Waals surface area (Å²) in [4.78, 5) is 8.50. The first-order chi connectivity index (χ1) is 13.7. The van der Waals surface area contributed by atoms with Crippen molar-refractivity contribution in [2.75, 3.05) is 13.6 Å². The lowest BCUT2D eigenvalue weighted by molar-refractivity contribution is 0.606. The molecule has 7 heteroatoms. The van der Waals surface area contributed by atoms with Gasteiger partial charge in [-0.25, -0.2) is 9.37 Å². The number of imidazole rings is 1. The van der Waals surface area contributed by atoms with E-state index in [1.54, 1.807) is 19.2 Å². The molecule has 0 spiro atoms. The van der Waals surface area contributed by atoms with E-state index in [0.717, 1.165) is 12.4 Å². The number of rotatable bonds is 7. The molecule has 2 aromatic carbocycles. The third-order valence-electron chi connectivity index (χ3n) is 4.60. The number of aromatic nitrogens is 2.